The summed E-state index contributed by atoms with van der Waals surface area (Å²) in [6.07, 6.45) is 1.64. The van der Waals surface area contributed by atoms with Crippen molar-refractivity contribution in [3.63, 3.8) is 0 Å². The fraction of sp³-hybridized carbons (Fsp3) is 0.269. The molecule has 7 heteroatoms. The number of ketones is 1. The number of hydrogen-bond acceptors (Lipinski definition) is 7. The van der Waals surface area contributed by atoms with E-state index in [0.29, 0.717) is 48.4 Å². The van der Waals surface area contributed by atoms with Gasteiger partial charge in [0.05, 0.1) is 19.8 Å². The Morgan fingerprint density at radius 2 is 1.85 bits per heavy atom. The minimum absolute atomic E-state index is 0.151. The SMILES string of the molecule is COc1ccc(CN2COc3c(cc4c(c3C)O/C(=C\c3ccc(C)o3)C4=O)C2)cc1OC. The van der Waals surface area contributed by atoms with Crippen molar-refractivity contribution in [2.75, 3.05) is 21.0 Å². The molecule has 0 radical (unpaired) electrons. The van der Waals surface area contributed by atoms with Crippen molar-refractivity contribution in [3.8, 4) is 23.0 Å². The molecule has 170 valence electrons. The van der Waals surface area contributed by atoms with Crippen molar-refractivity contribution in [2.24, 2.45) is 0 Å². The maximum atomic E-state index is 13.0. The Kier molecular flexibility index (Phi) is 5.34. The van der Waals surface area contributed by atoms with Gasteiger partial charge in [-0.05, 0) is 49.7 Å². The smallest absolute Gasteiger partial charge is 0.232 e. The van der Waals surface area contributed by atoms with Crippen LogP contribution in [0.15, 0.2) is 46.6 Å². The fourth-order valence-electron chi connectivity index (χ4n) is 4.30. The second-order valence-electron chi connectivity index (χ2n) is 8.20. The van der Waals surface area contributed by atoms with Crippen molar-refractivity contribution >= 4 is 11.9 Å². The lowest BCUT2D eigenvalue weighted by molar-refractivity contribution is 0.0876. The maximum absolute atomic E-state index is 13.0. The van der Waals surface area contributed by atoms with Gasteiger partial charge < -0.3 is 23.4 Å². The molecule has 33 heavy (non-hydrogen) atoms. The Bertz CT molecular complexity index is 1270. The summed E-state index contributed by atoms with van der Waals surface area (Å²) in [4.78, 5) is 15.2. The zero-order chi connectivity index (χ0) is 23.1. The normalized spacial score (nSPS) is 16.2. The summed E-state index contributed by atoms with van der Waals surface area (Å²) < 4.78 is 28.3. The average Bonchev–Trinajstić information content (AvgIpc) is 3.37. The van der Waals surface area contributed by atoms with Gasteiger partial charge in [0.2, 0.25) is 5.78 Å². The zero-order valence-corrected chi connectivity index (χ0v) is 19.1. The number of Topliss-reactive ketones (excluding diaryl/α,β-unsaturated/α-hetero) is 1. The number of hydrogen-bond donors (Lipinski definition) is 0. The first-order valence-electron chi connectivity index (χ1n) is 10.7. The molecular formula is C26H25NO6. The van der Waals surface area contributed by atoms with E-state index in [4.69, 9.17) is 23.4 Å². The summed E-state index contributed by atoms with van der Waals surface area (Å²) in [5, 5.41) is 0. The topological polar surface area (TPSA) is 70.4 Å². The molecule has 0 fully saturated rings. The van der Waals surface area contributed by atoms with Crippen LogP contribution in [0.5, 0.6) is 23.0 Å². The Labute approximate surface area is 192 Å². The van der Waals surface area contributed by atoms with E-state index in [1.165, 1.54) is 0 Å². The number of carbonyl (C=O) groups excluding carboxylic acids is 1. The Morgan fingerprint density at radius 1 is 1.03 bits per heavy atom. The number of benzene rings is 2. The first kappa shape index (κ1) is 21.2. The van der Waals surface area contributed by atoms with E-state index in [-0.39, 0.29) is 11.5 Å². The lowest BCUT2D eigenvalue weighted by Crippen LogP contribution is -2.32. The minimum atomic E-state index is -0.151. The van der Waals surface area contributed by atoms with Gasteiger partial charge in [-0.1, -0.05) is 6.07 Å². The molecule has 2 aromatic carbocycles. The van der Waals surface area contributed by atoms with Crippen LogP contribution in [0.4, 0.5) is 0 Å². The third kappa shape index (κ3) is 3.85. The molecule has 1 aromatic heterocycles. The molecule has 0 aliphatic carbocycles. The number of carbonyl (C=O) groups is 1. The van der Waals surface area contributed by atoms with E-state index in [1.54, 1.807) is 20.3 Å². The summed E-state index contributed by atoms with van der Waals surface area (Å²) in [5.41, 5.74) is 3.43. The monoisotopic (exact) mass is 447 g/mol. The summed E-state index contributed by atoms with van der Waals surface area (Å²) >= 11 is 0. The van der Waals surface area contributed by atoms with Crippen LogP contribution < -0.4 is 18.9 Å². The molecule has 0 N–H and O–H groups in total. The van der Waals surface area contributed by atoms with Crippen LogP contribution in [0.25, 0.3) is 6.08 Å². The quantitative estimate of drug-likeness (QED) is 0.516. The molecule has 2 aliphatic heterocycles. The molecule has 0 saturated carbocycles. The van der Waals surface area contributed by atoms with Gasteiger partial charge in [-0.25, -0.2) is 0 Å². The highest BCUT2D eigenvalue weighted by Crippen LogP contribution is 2.43. The second-order valence-corrected chi connectivity index (χ2v) is 8.20. The fourth-order valence-corrected chi connectivity index (χ4v) is 4.30. The molecule has 0 unspecified atom stereocenters. The van der Waals surface area contributed by atoms with Gasteiger partial charge >= 0.3 is 0 Å². The van der Waals surface area contributed by atoms with Crippen LogP contribution in [0, 0.1) is 13.8 Å². The summed E-state index contributed by atoms with van der Waals surface area (Å²) in [7, 11) is 3.25. The molecule has 0 atom stereocenters. The lowest BCUT2D eigenvalue weighted by Gasteiger charge is -2.30. The van der Waals surface area contributed by atoms with E-state index in [2.05, 4.69) is 4.90 Å². The number of aryl methyl sites for hydroxylation is 1. The van der Waals surface area contributed by atoms with E-state index in [1.807, 2.05) is 50.2 Å². The number of methoxy groups -OCH3 is 2. The van der Waals surface area contributed by atoms with Gasteiger partial charge in [-0.15, -0.1) is 0 Å². The van der Waals surface area contributed by atoms with Gasteiger partial charge in [0.15, 0.2) is 17.3 Å². The second kappa shape index (κ2) is 8.33. The molecule has 5 rings (SSSR count). The number of ether oxygens (including phenoxy) is 4. The average molecular weight is 447 g/mol. The van der Waals surface area contributed by atoms with E-state index in [9.17, 15) is 4.79 Å². The van der Waals surface area contributed by atoms with Crippen LogP contribution in [-0.4, -0.2) is 31.6 Å². The van der Waals surface area contributed by atoms with Gasteiger partial charge in [0, 0.05) is 30.3 Å². The molecule has 0 bridgehead atoms. The van der Waals surface area contributed by atoms with E-state index >= 15 is 0 Å². The van der Waals surface area contributed by atoms with Gasteiger partial charge in [-0.2, -0.15) is 0 Å². The van der Waals surface area contributed by atoms with Crippen LogP contribution in [-0.2, 0) is 13.1 Å². The van der Waals surface area contributed by atoms with Crippen molar-refractivity contribution in [1.82, 2.24) is 4.90 Å². The molecule has 2 aliphatic rings. The van der Waals surface area contributed by atoms with Gasteiger partial charge in [0.1, 0.15) is 29.8 Å². The van der Waals surface area contributed by atoms with Crippen LogP contribution in [0.1, 0.15) is 38.6 Å². The van der Waals surface area contributed by atoms with Crippen molar-refractivity contribution in [1.29, 1.82) is 0 Å². The zero-order valence-electron chi connectivity index (χ0n) is 19.1. The Morgan fingerprint density at radius 3 is 2.58 bits per heavy atom. The van der Waals surface area contributed by atoms with Crippen molar-refractivity contribution < 1.29 is 28.2 Å². The number of allylic oxidation sites excluding steroid dienone is 1. The highest BCUT2D eigenvalue weighted by molar-refractivity contribution is 6.15. The summed E-state index contributed by atoms with van der Waals surface area (Å²) in [5.74, 6) is 4.19. The molecular weight excluding hydrogens is 422 g/mol. The van der Waals surface area contributed by atoms with Crippen molar-refractivity contribution in [3.05, 3.63) is 75.9 Å². The van der Waals surface area contributed by atoms with Crippen LogP contribution in [0.2, 0.25) is 0 Å². The van der Waals surface area contributed by atoms with Crippen molar-refractivity contribution in [2.45, 2.75) is 26.9 Å². The lowest BCUT2D eigenvalue weighted by atomic mass is 10.00. The molecule has 0 spiro atoms. The molecule has 0 amide bonds. The van der Waals surface area contributed by atoms with Crippen LogP contribution >= 0.6 is 0 Å². The van der Waals surface area contributed by atoms with Crippen LogP contribution in [0.3, 0.4) is 0 Å². The number of furan rings is 1. The minimum Gasteiger partial charge on any atom is -0.493 e. The third-order valence-corrected chi connectivity index (χ3v) is 5.89. The highest BCUT2D eigenvalue weighted by Gasteiger charge is 2.33. The molecule has 3 aromatic rings. The third-order valence-electron chi connectivity index (χ3n) is 5.89. The largest absolute Gasteiger partial charge is 0.493 e. The maximum Gasteiger partial charge on any atom is 0.232 e. The first-order chi connectivity index (χ1) is 16.0. The number of fused-ring (bicyclic) bond motifs is 2. The van der Waals surface area contributed by atoms with E-state index < -0.39 is 0 Å². The Balaban J connectivity index is 1.39. The highest BCUT2D eigenvalue weighted by atomic mass is 16.5. The molecule has 0 saturated heterocycles. The standard InChI is InChI=1S/C26H25NO6/c1-15-5-7-19(32-15)11-23-24(28)20-10-18-13-27(14-31-25(18)16(2)26(20)33-23)12-17-6-8-21(29-3)22(9-17)30-4/h5-11H,12-14H2,1-4H3/b23-11-. The number of nitrogens with zero attached hydrogens (tertiary/aromatic N) is 1. The molecule has 3 heterocycles. The Hall–Kier alpha value is -3.71. The van der Waals surface area contributed by atoms with E-state index in [0.717, 1.165) is 28.2 Å². The predicted molar refractivity (Wildman–Crippen MR) is 122 cm³/mol. The van der Waals surface area contributed by atoms with Gasteiger partial charge in [-0.3, -0.25) is 9.69 Å². The summed E-state index contributed by atoms with van der Waals surface area (Å²) in [6.45, 7) is 5.54. The van der Waals surface area contributed by atoms with Gasteiger partial charge in [0.25, 0.3) is 0 Å². The number of rotatable bonds is 5. The predicted octanol–water partition coefficient (Wildman–Crippen LogP) is 4.88. The summed E-state index contributed by atoms with van der Waals surface area (Å²) in [6, 6.07) is 11.4. The first-order valence-corrected chi connectivity index (χ1v) is 10.7. The molecule has 7 nitrogen and oxygen atoms in total.